The maximum absolute atomic E-state index is 15.4. The van der Waals surface area contributed by atoms with Gasteiger partial charge in [0.15, 0.2) is 0 Å². The number of aliphatic hydroxyl groups excluding tert-OH is 1. The Morgan fingerprint density at radius 3 is 1.43 bits per heavy atom. The van der Waals surface area contributed by atoms with Crippen LogP contribution in [0.5, 0.6) is 0 Å². The Labute approximate surface area is 657 Å². The van der Waals surface area contributed by atoms with Crippen LogP contribution < -0.4 is 69.5 Å². The van der Waals surface area contributed by atoms with Crippen LogP contribution in [-0.4, -0.2) is 178 Å². The first-order chi connectivity index (χ1) is 53.5. The molecule has 1 aliphatic rings. The van der Waals surface area contributed by atoms with Gasteiger partial charge in [0.05, 0.1) is 6.61 Å². The van der Waals surface area contributed by atoms with E-state index in [2.05, 4.69) is 68.8 Å². The largest absolute Gasteiger partial charge is 0.394 e. The van der Waals surface area contributed by atoms with Crippen LogP contribution in [0.3, 0.4) is 0 Å². The predicted octanol–water partition coefficient (Wildman–Crippen LogP) is 4.18. The lowest BCUT2D eigenvalue weighted by Gasteiger charge is -2.31. The smallest absolute Gasteiger partial charge is 0.245 e. The number of aromatic nitrogens is 1. The number of nitrogens with two attached hydrogens (primary N) is 1. The number of nitrogens with one attached hydrogen (secondary N) is 12. The third kappa shape index (κ3) is 28.3. The van der Waals surface area contributed by atoms with Gasteiger partial charge in [0, 0.05) is 93.2 Å². The molecule has 5 aromatic carbocycles. The first kappa shape index (κ1) is 88.0. The van der Waals surface area contributed by atoms with Crippen molar-refractivity contribution in [3.05, 3.63) is 173 Å². The van der Waals surface area contributed by atoms with Gasteiger partial charge >= 0.3 is 0 Å². The van der Waals surface area contributed by atoms with Crippen molar-refractivity contribution in [1.29, 1.82) is 0 Å². The van der Waals surface area contributed by atoms with Crippen molar-refractivity contribution in [2.75, 3.05) is 30.3 Å². The van der Waals surface area contributed by atoms with Crippen molar-refractivity contribution in [3.63, 3.8) is 0 Å². The van der Waals surface area contributed by atoms with E-state index in [0.717, 1.165) is 10.8 Å². The van der Waals surface area contributed by atoms with Crippen molar-refractivity contribution in [2.45, 2.75) is 205 Å². The average molecular weight is 1560 g/mol. The zero-order valence-corrected chi connectivity index (χ0v) is 65.4. The summed E-state index contributed by atoms with van der Waals surface area (Å²) in [5.41, 5.74) is 8.86. The highest BCUT2D eigenvalue weighted by atomic mass is 35.5. The summed E-state index contributed by atoms with van der Waals surface area (Å²) in [7, 11) is 0. The first-order valence-corrected chi connectivity index (χ1v) is 38.4. The zero-order valence-electron chi connectivity index (χ0n) is 64.6. The summed E-state index contributed by atoms with van der Waals surface area (Å²) in [6.07, 6.45) is 4.30. The van der Waals surface area contributed by atoms with E-state index in [0.29, 0.717) is 70.0 Å². The molecule has 0 saturated carbocycles. The topological polar surface area (TPSA) is 429 Å². The third-order valence-electron chi connectivity index (χ3n) is 18.9. The highest BCUT2D eigenvalue weighted by molar-refractivity contribution is 6.30. The number of halogens is 1. The number of unbranched alkanes of at least 4 members (excludes halogenated alkanes) is 1. The van der Waals surface area contributed by atoms with Gasteiger partial charge in [-0.05, 0) is 139 Å². The Morgan fingerprint density at radius 2 is 0.955 bits per heavy atom. The molecule has 1 fully saturated rings. The van der Waals surface area contributed by atoms with Crippen LogP contribution in [0.25, 0.3) is 10.8 Å². The molecule has 29 nitrogen and oxygen atoms in total. The van der Waals surface area contributed by atoms with Gasteiger partial charge in [-0.25, -0.2) is 0 Å². The number of carbonyl (C=O) groups is 13. The molecule has 0 bridgehead atoms. The van der Waals surface area contributed by atoms with Gasteiger partial charge in [-0.3, -0.25) is 67.3 Å². The number of primary amides is 1. The van der Waals surface area contributed by atoms with Crippen LogP contribution in [0.2, 0.25) is 5.02 Å². The molecule has 112 heavy (non-hydrogen) atoms. The average Bonchev–Trinajstić information content (AvgIpc) is 1.18. The second kappa shape index (κ2) is 44.0. The number of nitrogens with zero attached hydrogens (tertiary/aromatic N) is 2. The van der Waals surface area contributed by atoms with E-state index in [9.17, 15) is 57.8 Å². The molecule has 6 aromatic rings. The number of benzene rings is 5. The van der Waals surface area contributed by atoms with E-state index in [1.54, 1.807) is 98.8 Å². The highest BCUT2D eigenvalue weighted by Gasteiger charge is 2.41. The van der Waals surface area contributed by atoms with Crippen LogP contribution in [0.4, 0.5) is 11.4 Å². The molecule has 15 N–H and O–H groups in total. The number of likely N-dealkylation sites (tertiary alicyclic amines) is 1. The monoisotopic (exact) mass is 1560 g/mol. The minimum Gasteiger partial charge on any atom is -0.394 e. The third-order valence-corrected chi connectivity index (χ3v) is 19.1. The normalized spacial score (nSPS) is 15.0. The zero-order chi connectivity index (χ0) is 81.6. The van der Waals surface area contributed by atoms with E-state index in [-0.39, 0.29) is 94.5 Å². The molecule has 0 aliphatic carbocycles. The van der Waals surface area contributed by atoms with Gasteiger partial charge in [0.1, 0.15) is 60.4 Å². The number of amides is 13. The van der Waals surface area contributed by atoms with Crippen LogP contribution in [0, 0.1) is 5.92 Å². The molecule has 10 atom stereocenters. The minimum absolute atomic E-state index is 0.0195. The summed E-state index contributed by atoms with van der Waals surface area (Å²) in [6.45, 7) is 13.3. The van der Waals surface area contributed by atoms with Gasteiger partial charge < -0.3 is 79.5 Å². The maximum Gasteiger partial charge on any atom is 0.245 e. The molecule has 0 radical (unpaired) electrons. The molecule has 1 saturated heterocycles. The molecule has 2 heterocycles. The van der Waals surface area contributed by atoms with Crippen LogP contribution >= 0.6 is 11.6 Å². The Hall–Kier alpha value is -11.2. The van der Waals surface area contributed by atoms with E-state index < -0.39 is 132 Å². The number of hydrogen-bond acceptors (Lipinski definition) is 16. The SMILES string of the molecule is CCC(=O)Nc1ccc(C[C@H](NC(=O)[C@H](CO)NC(=O)[C@@H](Cc2cccnc2)NC(=O)[C@@H](Cc2ccc(Cl)cc2)NC(=O)[C@@H](Cc2ccc3ccccc3c2)NC(C)=O)C(=O)N[C@H](Cc2ccc(NC(=O)CC)cc2)C(=O)N[C@@H](CC(C)C)C(=O)N[C@@H](CCCCNC(C)C)C(=O)N2CCC[C@H]2C(=O)N[C@H](C)C(N)=O)cc1. The van der Waals surface area contributed by atoms with Crippen LogP contribution in [0.1, 0.15) is 135 Å². The molecule has 7 rings (SSSR count). The molecule has 0 spiro atoms. The minimum atomic E-state index is -1.85. The standard InChI is InChI=1S/C82H106ClN15O14/c1-9-71(101)89-60-32-25-53(26-33-60)42-66(76(106)92-63(39-48(3)4)74(104)91-62(20-13-14-37-86-49(5)6)82(112)98-38-16-21-70(98)81(111)87-50(7)73(84)103)94-78(108)67(43-54-27-34-61(35-28-54)90-72(102)10-2)96-80(110)69(47-99)97-79(109)68(45-56-17-15-36-85-46-56)95-77(107)65(41-52-23-30-59(83)31-24-52)93-75(105)64(88-51(8)100)44-55-22-29-57-18-11-12-19-58(57)40-55/h11-12,15,17-19,22-36,40,46,48-50,62-70,86,99H,9-10,13-14,16,20-21,37-39,41-45,47H2,1-8H3,(H2,84,103)(H,87,111)(H,88,100)(H,89,101)(H,90,102)(H,91,104)(H,92,106)(H,93,105)(H,94,108)(H,95,107)(H,96,110)(H,97,109)/t50-,62+,63+,64-,65-,66-,67+,68-,69+,70+/m1/s1. The Morgan fingerprint density at radius 1 is 0.509 bits per heavy atom. The Kier molecular flexibility index (Phi) is 34.6. The fraction of sp³-hybridized carbons (Fsp3) is 0.439. The molecule has 1 aromatic heterocycles. The molecule has 0 unspecified atom stereocenters. The summed E-state index contributed by atoms with van der Waals surface area (Å²) in [5.74, 6) is -9.59. The van der Waals surface area contributed by atoms with E-state index in [1.807, 2.05) is 70.2 Å². The van der Waals surface area contributed by atoms with Gasteiger partial charge in [0.25, 0.3) is 0 Å². The molecular formula is C82H106ClN15O14. The molecular weight excluding hydrogens is 1450 g/mol. The summed E-state index contributed by atoms with van der Waals surface area (Å²) in [4.78, 5) is 188. The molecule has 13 amide bonds. The fourth-order valence-electron chi connectivity index (χ4n) is 12.7. The summed E-state index contributed by atoms with van der Waals surface area (Å²) in [5, 5.41) is 46.8. The molecule has 600 valence electrons. The van der Waals surface area contributed by atoms with Gasteiger partial charge in [-0.1, -0.05) is 138 Å². The summed E-state index contributed by atoms with van der Waals surface area (Å²) >= 11 is 6.27. The van der Waals surface area contributed by atoms with Crippen molar-refractivity contribution in [3.8, 4) is 0 Å². The number of rotatable bonds is 42. The molecule has 1 aliphatic heterocycles. The van der Waals surface area contributed by atoms with Crippen LogP contribution in [-0.2, 0) is 94.4 Å². The van der Waals surface area contributed by atoms with Crippen molar-refractivity contribution >= 4 is 111 Å². The lowest BCUT2D eigenvalue weighted by molar-refractivity contribution is -0.142. The second-order valence-corrected chi connectivity index (χ2v) is 29.2. The van der Waals surface area contributed by atoms with Gasteiger partial charge in [-0.2, -0.15) is 0 Å². The number of fused-ring (bicyclic) bond motifs is 1. The number of carbonyl (C=O) groups excluding carboxylic acids is 13. The van der Waals surface area contributed by atoms with E-state index in [4.69, 9.17) is 17.3 Å². The summed E-state index contributed by atoms with van der Waals surface area (Å²) < 4.78 is 0. The number of aliphatic hydroxyl groups is 1. The quantitative estimate of drug-likeness (QED) is 0.0239. The van der Waals surface area contributed by atoms with Gasteiger partial charge in [-0.15, -0.1) is 0 Å². The van der Waals surface area contributed by atoms with Crippen molar-refractivity contribution in [2.24, 2.45) is 11.7 Å². The molecule has 30 heteroatoms. The van der Waals surface area contributed by atoms with E-state index in [1.165, 1.54) is 31.1 Å². The Bertz CT molecular complexity index is 4230. The van der Waals surface area contributed by atoms with Crippen molar-refractivity contribution in [1.82, 2.24) is 63.1 Å². The number of pyridine rings is 1. The number of anilines is 2. The lowest BCUT2D eigenvalue weighted by atomic mass is 9.99. The lowest BCUT2D eigenvalue weighted by Crippen LogP contribution is -2.62. The second-order valence-electron chi connectivity index (χ2n) is 28.8. The fourth-order valence-corrected chi connectivity index (χ4v) is 12.9. The van der Waals surface area contributed by atoms with Crippen molar-refractivity contribution < 1.29 is 67.4 Å². The predicted molar refractivity (Wildman–Crippen MR) is 425 cm³/mol. The van der Waals surface area contributed by atoms with Crippen LogP contribution in [0.15, 0.2) is 140 Å². The highest BCUT2D eigenvalue weighted by Crippen LogP contribution is 2.23. The van der Waals surface area contributed by atoms with E-state index >= 15 is 9.59 Å². The van der Waals surface area contributed by atoms with Gasteiger partial charge in [0.2, 0.25) is 76.8 Å². The first-order valence-electron chi connectivity index (χ1n) is 38.0. The maximum atomic E-state index is 15.4. The summed E-state index contributed by atoms with van der Waals surface area (Å²) in [6, 6.07) is 22.1. The Balaban J connectivity index is 1.19. The number of hydrogen-bond donors (Lipinski definition) is 14.